The standard InChI is InChI=1S/C10H9NO6/c12-9(13)7(10(14)15)5-6-3-1-2-4-8(6)11(16)17/h1-4,7H,5H2,(H,12,13)(H,14,15). The number of aliphatic carboxylic acids is 2. The molecular weight excluding hydrogens is 230 g/mol. The number of hydrogen-bond donors (Lipinski definition) is 2. The molecule has 0 aromatic heterocycles. The summed E-state index contributed by atoms with van der Waals surface area (Å²) in [5, 5.41) is 28.0. The number of nitrogens with zero attached hydrogens (tertiary/aromatic N) is 1. The number of rotatable bonds is 5. The molecule has 0 bridgehead atoms. The summed E-state index contributed by atoms with van der Waals surface area (Å²) in [6.07, 6.45) is -0.415. The van der Waals surface area contributed by atoms with Gasteiger partial charge in [-0.15, -0.1) is 0 Å². The molecule has 0 unspecified atom stereocenters. The van der Waals surface area contributed by atoms with Gasteiger partial charge in [0.15, 0.2) is 5.92 Å². The maximum Gasteiger partial charge on any atom is 0.318 e. The molecule has 0 heterocycles. The Bertz CT molecular complexity index is 456. The summed E-state index contributed by atoms with van der Waals surface area (Å²) in [4.78, 5) is 31.3. The summed E-state index contributed by atoms with van der Waals surface area (Å²) >= 11 is 0. The highest BCUT2D eigenvalue weighted by molar-refractivity contribution is 5.93. The summed E-state index contributed by atoms with van der Waals surface area (Å²) in [6.45, 7) is 0. The summed E-state index contributed by atoms with van der Waals surface area (Å²) in [7, 11) is 0. The van der Waals surface area contributed by atoms with Crippen LogP contribution in [-0.4, -0.2) is 27.1 Å². The van der Waals surface area contributed by atoms with E-state index in [-0.39, 0.29) is 11.3 Å². The number of nitro benzene ring substituents is 1. The van der Waals surface area contributed by atoms with Gasteiger partial charge in [0.25, 0.3) is 5.69 Å². The van der Waals surface area contributed by atoms with Crippen molar-refractivity contribution in [1.29, 1.82) is 0 Å². The fraction of sp³-hybridized carbons (Fsp3) is 0.200. The molecule has 1 aromatic rings. The van der Waals surface area contributed by atoms with Gasteiger partial charge in [-0.1, -0.05) is 18.2 Å². The van der Waals surface area contributed by atoms with Crippen molar-refractivity contribution in [2.45, 2.75) is 6.42 Å². The van der Waals surface area contributed by atoms with Crippen LogP contribution in [0.4, 0.5) is 5.69 Å². The molecule has 7 nitrogen and oxygen atoms in total. The maximum absolute atomic E-state index is 10.7. The molecule has 1 rings (SSSR count). The monoisotopic (exact) mass is 239 g/mol. The smallest absolute Gasteiger partial charge is 0.318 e. The summed E-state index contributed by atoms with van der Waals surface area (Å²) < 4.78 is 0. The average molecular weight is 239 g/mol. The van der Waals surface area contributed by atoms with E-state index in [9.17, 15) is 19.7 Å². The molecule has 0 saturated heterocycles. The van der Waals surface area contributed by atoms with Gasteiger partial charge in [-0.05, 0) is 0 Å². The zero-order valence-electron chi connectivity index (χ0n) is 8.57. The van der Waals surface area contributed by atoms with Gasteiger partial charge >= 0.3 is 11.9 Å². The van der Waals surface area contributed by atoms with Crippen molar-refractivity contribution < 1.29 is 24.7 Å². The van der Waals surface area contributed by atoms with E-state index in [1.807, 2.05) is 0 Å². The van der Waals surface area contributed by atoms with Crippen LogP contribution in [-0.2, 0) is 16.0 Å². The minimum absolute atomic E-state index is 0.0901. The maximum atomic E-state index is 10.7. The van der Waals surface area contributed by atoms with Crippen LogP contribution < -0.4 is 0 Å². The Morgan fingerprint density at radius 1 is 1.24 bits per heavy atom. The second kappa shape index (κ2) is 5.06. The van der Waals surface area contributed by atoms with E-state index in [1.165, 1.54) is 24.3 Å². The van der Waals surface area contributed by atoms with E-state index in [1.54, 1.807) is 0 Å². The fourth-order valence-electron chi connectivity index (χ4n) is 1.36. The van der Waals surface area contributed by atoms with Gasteiger partial charge in [0.2, 0.25) is 0 Å². The molecule has 0 atom stereocenters. The van der Waals surface area contributed by atoms with Gasteiger partial charge < -0.3 is 10.2 Å². The first-order chi connectivity index (χ1) is 7.93. The van der Waals surface area contributed by atoms with Crippen molar-refractivity contribution in [3.8, 4) is 0 Å². The van der Waals surface area contributed by atoms with Gasteiger partial charge in [0.05, 0.1) is 4.92 Å². The van der Waals surface area contributed by atoms with Crippen LogP contribution in [0.2, 0.25) is 0 Å². The molecule has 0 aliphatic carbocycles. The zero-order valence-corrected chi connectivity index (χ0v) is 8.57. The van der Waals surface area contributed by atoms with Crippen LogP contribution in [0.5, 0.6) is 0 Å². The number of benzene rings is 1. The Hall–Kier alpha value is -2.44. The number of carbonyl (C=O) groups is 2. The normalized spacial score (nSPS) is 10.2. The highest BCUT2D eigenvalue weighted by Crippen LogP contribution is 2.21. The van der Waals surface area contributed by atoms with Crippen molar-refractivity contribution in [1.82, 2.24) is 0 Å². The first kappa shape index (κ1) is 12.6. The lowest BCUT2D eigenvalue weighted by atomic mass is 9.98. The molecule has 17 heavy (non-hydrogen) atoms. The van der Waals surface area contributed by atoms with Crippen LogP contribution in [0.3, 0.4) is 0 Å². The minimum atomic E-state index is -1.68. The Labute approximate surface area is 95.5 Å². The van der Waals surface area contributed by atoms with Crippen molar-refractivity contribution in [3.05, 3.63) is 39.9 Å². The van der Waals surface area contributed by atoms with Crippen LogP contribution >= 0.6 is 0 Å². The third kappa shape index (κ3) is 3.00. The molecule has 90 valence electrons. The zero-order chi connectivity index (χ0) is 13.0. The number of carboxylic acid groups (broad SMARTS) is 2. The lowest BCUT2D eigenvalue weighted by Gasteiger charge is -2.07. The van der Waals surface area contributed by atoms with Gasteiger partial charge in [-0.3, -0.25) is 19.7 Å². The van der Waals surface area contributed by atoms with E-state index >= 15 is 0 Å². The second-order valence-electron chi connectivity index (χ2n) is 3.32. The van der Waals surface area contributed by atoms with Gasteiger partial charge in [0, 0.05) is 18.1 Å². The first-order valence-corrected chi connectivity index (χ1v) is 4.61. The van der Waals surface area contributed by atoms with Crippen LogP contribution in [0.15, 0.2) is 24.3 Å². The molecule has 2 N–H and O–H groups in total. The Morgan fingerprint density at radius 3 is 2.24 bits per heavy atom. The molecule has 0 aliphatic heterocycles. The van der Waals surface area contributed by atoms with E-state index in [0.717, 1.165) is 0 Å². The SMILES string of the molecule is O=C(O)C(Cc1ccccc1[N+](=O)[O-])C(=O)O. The van der Waals surface area contributed by atoms with E-state index in [4.69, 9.17) is 10.2 Å². The third-order valence-electron chi connectivity index (χ3n) is 2.21. The van der Waals surface area contributed by atoms with Crippen molar-refractivity contribution >= 4 is 17.6 Å². The van der Waals surface area contributed by atoms with Crippen molar-refractivity contribution in [3.63, 3.8) is 0 Å². The molecule has 0 fully saturated rings. The van der Waals surface area contributed by atoms with E-state index in [2.05, 4.69) is 0 Å². The predicted octanol–water partition coefficient (Wildman–Crippen LogP) is 0.923. The highest BCUT2D eigenvalue weighted by Gasteiger charge is 2.28. The largest absolute Gasteiger partial charge is 0.481 e. The molecule has 0 amide bonds. The molecule has 0 saturated carbocycles. The molecule has 0 spiro atoms. The quantitative estimate of drug-likeness (QED) is 0.448. The van der Waals surface area contributed by atoms with E-state index < -0.39 is 29.2 Å². The van der Waals surface area contributed by atoms with Gasteiger partial charge in [0.1, 0.15) is 0 Å². The van der Waals surface area contributed by atoms with Crippen LogP contribution in [0.25, 0.3) is 0 Å². The van der Waals surface area contributed by atoms with E-state index in [0.29, 0.717) is 0 Å². The second-order valence-corrected chi connectivity index (χ2v) is 3.32. The number of para-hydroxylation sites is 1. The van der Waals surface area contributed by atoms with Crippen molar-refractivity contribution in [2.75, 3.05) is 0 Å². The first-order valence-electron chi connectivity index (χ1n) is 4.61. The molecule has 0 aliphatic rings. The summed E-state index contributed by atoms with van der Waals surface area (Å²) in [5.74, 6) is -4.72. The summed E-state index contributed by atoms with van der Waals surface area (Å²) in [5.41, 5.74) is -0.188. The Morgan fingerprint density at radius 2 is 1.76 bits per heavy atom. The minimum Gasteiger partial charge on any atom is -0.481 e. The lowest BCUT2D eigenvalue weighted by molar-refractivity contribution is -0.385. The molecular formula is C10H9NO6. The third-order valence-corrected chi connectivity index (χ3v) is 2.21. The number of carboxylic acids is 2. The number of hydrogen-bond acceptors (Lipinski definition) is 4. The summed E-state index contributed by atoms with van der Waals surface area (Å²) in [6, 6.07) is 5.47. The van der Waals surface area contributed by atoms with Gasteiger partial charge in [-0.2, -0.15) is 0 Å². The van der Waals surface area contributed by atoms with Crippen molar-refractivity contribution in [2.24, 2.45) is 5.92 Å². The van der Waals surface area contributed by atoms with Crippen LogP contribution in [0.1, 0.15) is 5.56 Å². The Balaban J connectivity index is 3.05. The topological polar surface area (TPSA) is 118 Å². The number of nitro groups is 1. The lowest BCUT2D eigenvalue weighted by Crippen LogP contribution is -2.25. The average Bonchev–Trinajstić information content (AvgIpc) is 2.25. The molecule has 0 radical (unpaired) electrons. The van der Waals surface area contributed by atoms with Crippen LogP contribution in [0, 0.1) is 16.0 Å². The fourth-order valence-corrected chi connectivity index (χ4v) is 1.36. The molecule has 1 aromatic carbocycles. The van der Waals surface area contributed by atoms with Gasteiger partial charge in [-0.25, -0.2) is 0 Å². The Kier molecular flexibility index (Phi) is 3.76. The highest BCUT2D eigenvalue weighted by atomic mass is 16.6. The predicted molar refractivity (Wildman–Crippen MR) is 55.6 cm³/mol. The molecule has 7 heteroatoms.